The van der Waals surface area contributed by atoms with Crippen LogP contribution in [0.1, 0.15) is 40.0 Å². The molecule has 0 aromatic carbocycles. The second kappa shape index (κ2) is 4.30. The summed E-state index contributed by atoms with van der Waals surface area (Å²) in [5, 5.41) is 11.9. The Hall–Kier alpha value is -0.570. The number of rotatable bonds is 5. The maximum Gasteiger partial charge on any atom is 0.223 e. The third-order valence-electron chi connectivity index (χ3n) is 2.93. The lowest BCUT2D eigenvalue weighted by atomic mass is 10.1. The van der Waals surface area contributed by atoms with Crippen LogP contribution in [0.15, 0.2) is 0 Å². The average Bonchev–Trinajstić information content (AvgIpc) is 2.68. The molecule has 1 rings (SSSR count). The quantitative estimate of drug-likeness (QED) is 0.656. The zero-order valence-corrected chi connectivity index (χ0v) is 9.34. The monoisotopic (exact) mass is 199 g/mol. The molecule has 0 spiro atoms. The minimum atomic E-state index is -0.260. The SMILES string of the molecule is CC(O)CCCNC(=O)C1CC1(C)C. The molecule has 0 aromatic heterocycles. The number of hydrogen-bond acceptors (Lipinski definition) is 2. The van der Waals surface area contributed by atoms with Crippen molar-refractivity contribution < 1.29 is 9.90 Å². The third kappa shape index (κ3) is 3.29. The molecule has 2 N–H and O–H groups in total. The number of aliphatic hydroxyl groups excluding tert-OH is 1. The lowest BCUT2D eigenvalue weighted by molar-refractivity contribution is -0.123. The lowest BCUT2D eigenvalue weighted by Gasteiger charge is -2.07. The zero-order chi connectivity index (χ0) is 10.8. The Balaban J connectivity index is 2.06. The van der Waals surface area contributed by atoms with Crippen LogP contribution in [-0.2, 0) is 4.79 Å². The molecule has 82 valence electrons. The summed E-state index contributed by atoms with van der Waals surface area (Å²) in [4.78, 5) is 11.5. The van der Waals surface area contributed by atoms with Gasteiger partial charge in [-0.3, -0.25) is 4.79 Å². The predicted octanol–water partition coefficient (Wildman–Crippen LogP) is 1.31. The number of nitrogens with one attached hydrogen (secondary N) is 1. The number of aliphatic hydroxyl groups is 1. The highest BCUT2D eigenvalue weighted by molar-refractivity contribution is 5.82. The van der Waals surface area contributed by atoms with Crippen LogP contribution >= 0.6 is 0 Å². The van der Waals surface area contributed by atoms with Crippen molar-refractivity contribution in [3.63, 3.8) is 0 Å². The van der Waals surface area contributed by atoms with Crippen LogP contribution in [0.2, 0.25) is 0 Å². The van der Waals surface area contributed by atoms with Gasteiger partial charge in [0.2, 0.25) is 5.91 Å². The van der Waals surface area contributed by atoms with Crippen molar-refractivity contribution in [3.05, 3.63) is 0 Å². The summed E-state index contributed by atoms with van der Waals surface area (Å²) in [6, 6.07) is 0. The smallest absolute Gasteiger partial charge is 0.223 e. The van der Waals surface area contributed by atoms with Gasteiger partial charge in [0.15, 0.2) is 0 Å². The van der Waals surface area contributed by atoms with Crippen LogP contribution < -0.4 is 5.32 Å². The first kappa shape index (κ1) is 11.5. The van der Waals surface area contributed by atoms with E-state index in [9.17, 15) is 4.79 Å². The van der Waals surface area contributed by atoms with Crippen LogP contribution in [0.3, 0.4) is 0 Å². The molecule has 2 unspecified atom stereocenters. The molecule has 1 amide bonds. The molecular formula is C11H21NO2. The first-order valence-corrected chi connectivity index (χ1v) is 5.39. The molecule has 0 heterocycles. The molecule has 1 aliphatic carbocycles. The van der Waals surface area contributed by atoms with E-state index in [2.05, 4.69) is 19.2 Å². The van der Waals surface area contributed by atoms with Crippen molar-refractivity contribution in [2.75, 3.05) is 6.54 Å². The van der Waals surface area contributed by atoms with Gasteiger partial charge in [-0.15, -0.1) is 0 Å². The van der Waals surface area contributed by atoms with Crippen molar-refractivity contribution >= 4 is 5.91 Å². The molecule has 1 aliphatic rings. The van der Waals surface area contributed by atoms with Gasteiger partial charge in [0.05, 0.1) is 6.10 Å². The predicted molar refractivity (Wildman–Crippen MR) is 55.8 cm³/mol. The summed E-state index contributed by atoms with van der Waals surface area (Å²) in [5.74, 6) is 0.398. The molecule has 0 aromatic rings. The maximum atomic E-state index is 11.5. The van der Waals surface area contributed by atoms with E-state index in [4.69, 9.17) is 5.11 Å². The molecule has 0 aliphatic heterocycles. The number of carbonyl (C=O) groups excluding carboxylic acids is 1. The highest BCUT2D eigenvalue weighted by Gasteiger charge is 2.50. The Kier molecular flexibility index (Phi) is 3.53. The van der Waals surface area contributed by atoms with Crippen molar-refractivity contribution in [3.8, 4) is 0 Å². The van der Waals surface area contributed by atoms with E-state index in [0.717, 1.165) is 19.3 Å². The van der Waals surface area contributed by atoms with Crippen LogP contribution in [0.5, 0.6) is 0 Å². The molecule has 3 heteroatoms. The van der Waals surface area contributed by atoms with Gasteiger partial charge in [-0.25, -0.2) is 0 Å². The zero-order valence-electron chi connectivity index (χ0n) is 9.34. The Morgan fingerprint density at radius 2 is 2.21 bits per heavy atom. The normalized spacial score (nSPS) is 25.6. The van der Waals surface area contributed by atoms with Gasteiger partial charge in [-0.05, 0) is 31.6 Å². The van der Waals surface area contributed by atoms with Crippen molar-refractivity contribution in [1.29, 1.82) is 0 Å². The molecule has 0 saturated heterocycles. The van der Waals surface area contributed by atoms with Gasteiger partial charge in [0, 0.05) is 12.5 Å². The summed E-state index contributed by atoms with van der Waals surface area (Å²) in [5.41, 5.74) is 0.217. The summed E-state index contributed by atoms with van der Waals surface area (Å²) in [6.45, 7) is 6.70. The summed E-state index contributed by atoms with van der Waals surface area (Å²) in [7, 11) is 0. The number of amides is 1. The fourth-order valence-electron chi connectivity index (χ4n) is 1.65. The van der Waals surface area contributed by atoms with E-state index in [-0.39, 0.29) is 23.3 Å². The Labute approximate surface area is 85.9 Å². The van der Waals surface area contributed by atoms with Crippen LogP contribution in [0.25, 0.3) is 0 Å². The Morgan fingerprint density at radius 1 is 1.64 bits per heavy atom. The molecule has 14 heavy (non-hydrogen) atoms. The molecule has 1 saturated carbocycles. The fraction of sp³-hybridized carbons (Fsp3) is 0.909. The average molecular weight is 199 g/mol. The molecule has 0 radical (unpaired) electrons. The van der Waals surface area contributed by atoms with Gasteiger partial charge in [-0.1, -0.05) is 13.8 Å². The van der Waals surface area contributed by atoms with E-state index in [0.29, 0.717) is 6.54 Å². The topological polar surface area (TPSA) is 49.3 Å². The molecule has 2 atom stereocenters. The highest BCUT2D eigenvalue weighted by Crippen LogP contribution is 2.51. The van der Waals surface area contributed by atoms with Crippen molar-refractivity contribution in [2.45, 2.75) is 46.1 Å². The highest BCUT2D eigenvalue weighted by atomic mass is 16.3. The van der Waals surface area contributed by atoms with E-state index < -0.39 is 0 Å². The van der Waals surface area contributed by atoms with Gasteiger partial charge >= 0.3 is 0 Å². The van der Waals surface area contributed by atoms with Gasteiger partial charge in [0.25, 0.3) is 0 Å². The van der Waals surface area contributed by atoms with Crippen LogP contribution in [0.4, 0.5) is 0 Å². The second-order valence-electron chi connectivity index (χ2n) is 5.03. The van der Waals surface area contributed by atoms with Gasteiger partial charge in [0.1, 0.15) is 0 Å². The van der Waals surface area contributed by atoms with Crippen LogP contribution in [0, 0.1) is 11.3 Å². The summed E-state index contributed by atoms with van der Waals surface area (Å²) < 4.78 is 0. The standard InChI is InChI=1S/C11H21NO2/c1-8(13)5-4-6-12-10(14)9-7-11(9,2)3/h8-9,13H,4-7H2,1-3H3,(H,12,14). The molecule has 1 fully saturated rings. The summed E-state index contributed by atoms with van der Waals surface area (Å²) >= 11 is 0. The summed E-state index contributed by atoms with van der Waals surface area (Å²) in [6.07, 6.45) is 2.37. The number of hydrogen-bond donors (Lipinski definition) is 2. The van der Waals surface area contributed by atoms with Crippen LogP contribution in [-0.4, -0.2) is 23.7 Å². The maximum absolute atomic E-state index is 11.5. The minimum absolute atomic E-state index is 0.181. The lowest BCUT2D eigenvalue weighted by Crippen LogP contribution is -2.27. The largest absolute Gasteiger partial charge is 0.393 e. The van der Waals surface area contributed by atoms with Gasteiger partial charge in [-0.2, -0.15) is 0 Å². The van der Waals surface area contributed by atoms with E-state index >= 15 is 0 Å². The molecule has 3 nitrogen and oxygen atoms in total. The first-order valence-electron chi connectivity index (χ1n) is 5.39. The first-order chi connectivity index (χ1) is 6.43. The van der Waals surface area contributed by atoms with Gasteiger partial charge < -0.3 is 10.4 Å². The van der Waals surface area contributed by atoms with E-state index in [1.807, 2.05) is 0 Å². The van der Waals surface area contributed by atoms with E-state index in [1.165, 1.54) is 0 Å². The Bertz CT molecular complexity index is 211. The third-order valence-corrected chi connectivity index (χ3v) is 2.93. The minimum Gasteiger partial charge on any atom is -0.393 e. The Morgan fingerprint density at radius 3 is 2.64 bits per heavy atom. The molecule has 0 bridgehead atoms. The molecular weight excluding hydrogens is 178 g/mol. The van der Waals surface area contributed by atoms with Crippen molar-refractivity contribution in [2.24, 2.45) is 11.3 Å². The fourth-order valence-corrected chi connectivity index (χ4v) is 1.65. The number of carbonyl (C=O) groups is 1. The second-order valence-corrected chi connectivity index (χ2v) is 5.03. The van der Waals surface area contributed by atoms with E-state index in [1.54, 1.807) is 6.92 Å². The van der Waals surface area contributed by atoms with Crippen molar-refractivity contribution in [1.82, 2.24) is 5.32 Å².